The van der Waals surface area contributed by atoms with Gasteiger partial charge in [0.2, 0.25) is 0 Å². The van der Waals surface area contributed by atoms with Crippen LogP contribution in [-0.4, -0.2) is 85.4 Å². The van der Waals surface area contributed by atoms with Crippen LogP contribution in [0.2, 0.25) is 0 Å². The molecule has 186 valence electrons. The van der Waals surface area contributed by atoms with E-state index in [9.17, 15) is 4.79 Å². The first-order chi connectivity index (χ1) is 17.1. The zero-order valence-corrected chi connectivity index (χ0v) is 20.3. The summed E-state index contributed by atoms with van der Waals surface area (Å²) in [5, 5.41) is 0. The number of aromatic nitrogens is 1. The molecule has 0 saturated carbocycles. The Morgan fingerprint density at radius 1 is 1.14 bits per heavy atom. The summed E-state index contributed by atoms with van der Waals surface area (Å²) in [7, 11) is 1.68. The molecule has 1 aromatic heterocycles. The van der Waals surface area contributed by atoms with Crippen LogP contribution < -0.4 is 20.5 Å². The third-order valence-electron chi connectivity index (χ3n) is 8.17. The standard InChI is InChI=1S/C26H34N6O3/c1-34-23-4-2-3-19(11-23)15-32-25(33)31(24-6-5-20(12-27-24)21-13-28-29-14-21)18-26(32)7-9-30(10-8-26)22-16-35-17-22/h2-6,11-12,21-22,28-29H,7-10,13-18H2,1H3. The summed E-state index contributed by atoms with van der Waals surface area (Å²) in [6, 6.07) is 12.7. The van der Waals surface area contributed by atoms with E-state index in [0.717, 1.165) is 69.4 Å². The Labute approximate surface area is 206 Å². The van der Waals surface area contributed by atoms with Crippen LogP contribution in [-0.2, 0) is 11.3 Å². The van der Waals surface area contributed by atoms with E-state index in [1.165, 1.54) is 5.56 Å². The molecule has 0 unspecified atom stereocenters. The average molecular weight is 479 g/mol. The zero-order chi connectivity index (χ0) is 23.8. The number of methoxy groups -OCH3 is 1. The summed E-state index contributed by atoms with van der Waals surface area (Å²) in [6.45, 7) is 6.64. The number of ether oxygens (including phenoxy) is 2. The molecule has 4 saturated heterocycles. The number of nitrogens with one attached hydrogen (secondary N) is 2. The largest absolute Gasteiger partial charge is 0.497 e. The van der Waals surface area contributed by atoms with Crippen LogP contribution >= 0.6 is 0 Å². The average Bonchev–Trinajstić information content (AvgIpc) is 3.49. The number of hydrogen-bond donors (Lipinski definition) is 2. The second-order valence-electron chi connectivity index (χ2n) is 10.2. The van der Waals surface area contributed by atoms with Crippen LogP contribution in [0.4, 0.5) is 10.6 Å². The minimum absolute atomic E-state index is 0.0395. The van der Waals surface area contributed by atoms with Gasteiger partial charge in [0.05, 0.1) is 38.4 Å². The topological polar surface area (TPSA) is 82.2 Å². The van der Waals surface area contributed by atoms with E-state index in [0.29, 0.717) is 25.0 Å². The minimum Gasteiger partial charge on any atom is -0.497 e. The number of rotatable bonds is 6. The van der Waals surface area contributed by atoms with E-state index < -0.39 is 0 Å². The molecule has 9 heteroatoms. The molecule has 4 fully saturated rings. The number of anilines is 1. The van der Waals surface area contributed by atoms with E-state index >= 15 is 0 Å². The molecule has 0 aliphatic carbocycles. The number of amides is 2. The van der Waals surface area contributed by atoms with Crippen molar-refractivity contribution in [2.75, 3.05) is 57.9 Å². The van der Waals surface area contributed by atoms with E-state index in [-0.39, 0.29) is 11.6 Å². The third kappa shape index (κ3) is 4.27. The highest BCUT2D eigenvalue weighted by Crippen LogP contribution is 2.40. The van der Waals surface area contributed by atoms with Gasteiger partial charge in [-0.3, -0.25) is 20.7 Å². The van der Waals surface area contributed by atoms with E-state index in [4.69, 9.17) is 14.5 Å². The van der Waals surface area contributed by atoms with Gasteiger partial charge >= 0.3 is 6.03 Å². The van der Waals surface area contributed by atoms with Gasteiger partial charge in [-0.2, -0.15) is 0 Å². The van der Waals surface area contributed by atoms with Crippen molar-refractivity contribution in [1.82, 2.24) is 25.6 Å². The van der Waals surface area contributed by atoms with Crippen LogP contribution in [0.3, 0.4) is 0 Å². The minimum atomic E-state index is -0.207. The second kappa shape index (κ2) is 9.39. The zero-order valence-electron chi connectivity index (χ0n) is 20.3. The van der Waals surface area contributed by atoms with Crippen LogP contribution in [0.5, 0.6) is 5.75 Å². The highest BCUT2D eigenvalue weighted by atomic mass is 16.5. The molecule has 2 N–H and O–H groups in total. The maximum absolute atomic E-state index is 13.9. The molecule has 9 nitrogen and oxygen atoms in total. The molecule has 0 bridgehead atoms. The van der Waals surface area contributed by atoms with Crippen molar-refractivity contribution < 1.29 is 14.3 Å². The molecule has 0 radical (unpaired) electrons. The molecule has 35 heavy (non-hydrogen) atoms. The Morgan fingerprint density at radius 3 is 2.60 bits per heavy atom. The first kappa shape index (κ1) is 22.7. The molecule has 6 rings (SSSR count). The number of urea groups is 1. The van der Waals surface area contributed by atoms with Gasteiger partial charge in [-0.05, 0) is 42.2 Å². The summed E-state index contributed by atoms with van der Waals surface area (Å²) >= 11 is 0. The smallest absolute Gasteiger partial charge is 0.326 e. The number of nitrogens with zero attached hydrogens (tertiary/aromatic N) is 4. The van der Waals surface area contributed by atoms with Crippen molar-refractivity contribution in [2.45, 2.75) is 36.9 Å². The Bertz CT molecular complexity index is 1050. The lowest BCUT2D eigenvalue weighted by molar-refractivity contribution is -0.0813. The normalized spacial score (nSPS) is 23.3. The van der Waals surface area contributed by atoms with E-state index in [1.807, 2.05) is 35.4 Å². The Kier molecular flexibility index (Phi) is 6.09. The number of carbonyl (C=O) groups is 1. The number of carbonyl (C=O) groups excluding carboxylic acids is 1. The Hall–Kier alpha value is -2.72. The number of pyridine rings is 1. The molecule has 4 aliphatic rings. The lowest BCUT2D eigenvalue weighted by Gasteiger charge is -2.47. The van der Waals surface area contributed by atoms with Gasteiger partial charge in [-0.1, -0.05) is 18.2 Å². The second-order valence-corrected chi connectivity index (χ2v) is 10.2. The van der Waals surface area contributed by atoms with E-state index in [1.54, 1.807) is 7.11 Å². The van der Waals surface area contributed by atoms with Crippen LogP contribution in [0.1, 0.15) is 29.9 Å². The first-order valence-electron chi connectivity index (χ1n) is 12.6. The van der Waals surface area contributed by atoms with Crippen LogP contribution in [0.15, 0.2) is 42.6 Å². The summed E-state index contributed by atoms with van der Waals surface area (Å²) in [5.74, 6) is 1.95. The van der Waals surface area contributed by atoms with Gasteiger partial charge in [0, 0.05) is 44.8 Å². The van der Waals surface area contributed by atoms with Gasteiger partial charge in [-0.15, -0.1) is 0 Å². The summed E-state index contributed by atoms with van der Waals surface area (Å²) in [6.07, 6.45) is 3.83. The fraction of sp³-hybridized carbons (Fsp3) is 0.538. The van der Waals surface area contributed by atoms with Crippen molar-refractivity contribution >= 4 is 11.8 Å². The SMILES string of the molecule is COc1cccc(CN2C(=O)N(c3ccc(C4CNNC4)cn3)CC23CCN(C2COC2)CC3)c1. The lowest BCUT2D eigenvalue weighted by Crippen LogP contribution is -2.59. The van der Waals surface area contributed by atoms with Gasteiger partial charge in [0.1, 0.15) is 11.6 Å². The molecule has 1 spiro atoms. The van der Waals surface area contributed by atoms with Gasteiger partial charge in [0.25, 0.3) is 0 Å². The summed E-state index contributed by atoms with van der Waals surface area (Å²) in [5.41, 5.74) is 8.41. The maximum atomic E-state index is 13.9. The summed E-state index contributed by atoms with van der Waals surface area (Å²) < 4.78 is 10.9. The lowest BCUT2D eigenvalue weighted by atomic mass is 9.85. The maximum Gasteiger partial charge on any atom is 0.326 e. The Morgan fingerprint density at radius 2 is 1.94 bits per heavy atom. The molecule has 5 heterocycles. The van der Waals surface area contributed by atoms with Crippen LogP contribution in [0.25, 0.3) is 0 Å². The van der Waals surface area contributed by atoms with Crippen molar-refractivity contribution in [1.29, 1.82) is 0 Å². The molecule has 2 amide bonds. The monoisotopic (exact) mass is 478 g/mol. The predicted octanol–water partition coefficient (Wildman–Crippen LogP) is 1.96. The van der Waals surface area contributed by atoms with Crippen molar-refractivity contribution in [3.05, 3.63) is 53.7 Å². The molecular formula is C26H34N6O3. The number of hydrazine groups is 1. The van der Waals surface area contributed by atoms with Gasteiger partial charge < -0.3 is 14.4 Å². The molecule has 1 aromatic carbocycles. The molecular weight excluding hydrogens is 444 g/mol. The van der Waals surface area contributed by atoms with Gasteiger partial charge in [0.15, 0.2) is 0 Å². The molecule has 4 aliphatic heterocycles. The fourth-order valence-corrected chi connectivity index (χ4v) is 5.83. The number of benzene rings is 1. The van der Waals surface area contributed by atoms with Gasteiger partial charge in [-0.25, -0.2) is 9.78 Å². The van der Waals surface area contributed by atoms with Crippen LogP contribution in [0, 0.1) is 0 Å². The fourth-order valence-electron chi connectivity index (χ4n) is 5.83. The highest BCUT2D eigenvalue weighted by molar-refractivity contribution is 5.94. The number of piperidine rings is 1. The third-order valence-corrected chi connectivity index (χ3v) is 8.17. The van der Waals surface area contributed by atoms with Crippen molar-refractivity contribution in [2.24, 2.45) is 0 Å². The van der Waals surface area contributed by atoms with Crippen molar-refractivity contribution in [3.8, 4) is 5.75 Å². The first-order valence-corrected chi connectivity index (χ1v) is 12.6. The molecule has 2 aromatic rings. The quantitative estimate of drug-likeness (QED) is 0.657. The molecule has 0 atom stereocenters. The van der Waals surface area contributed by atoms with E-state index in [2.05, 4.69) is 32.8 Å². The van der Waals surface area contributed by atoms with Crippen molar-refractivity contribution in [3.63, 3.8) is 0 Å². The summed E-state index contributed by atoms with van der Waals surface area (Å²) in [4.78, 5) is 25.1. The number of likely N-dealkylation sites (tertiary alicyclic amines) is 1. The predicted molar refractivity (Wildman–Crippen MR) is 132 cm³/mol. The highest BCUT2D eigenvalue weighted by Gasteiger charge is 2.52. The Balaban J connectivity index is 1.25. The number of hydrogen-bond acceptors (Lipinski definition) is 7.